The smallest absolute Gasteiger partial charge is 0.159 e. The van der Waals surface area contributed by atoms with Crippen molar-refractivity contribution >= 4 is 32.5 Å². The number of nitrogens with zero attached hydrogens (tertiary/aromatic N) is 3. The minimum atomic E-state index is 0.558. The van der Waals surface area contributed by atoms with Gasteiger partial charge in [0.25, 0.3) is 0 Å². The molecule has 94 valence electrons. The van der Waals surface area contributed by atoms with Gasteiger partial charge in [0.1, 0.15) is 0 Å². The Labute approximate surface area is 115 Å². The van der Waals surface area contributed by atoms with Gasteiger partial charge in [0.2, 0.25) is 0 Å². The van der Waals surface area contributed by atoms with Crippen molar-refractivity contribution in [2.24, 2.45) is 0 Å². The van der Waals surface area contributed by atoms with Crippen LogP contribution in [0.4, 0.5) is 5.82 Å². The van der Waals surface area contributed by atoms with Crippen LogP contribution in [0.3, 0.4) is 0 Å². The molecule has 1 unspecified atom stereocenters. The van der Waals surface area contributed by atoms with Crippen LogP contribution >= 0.6 is 15.9 Å². The van der Waals surface area contributed by atoms with E-state index < -0.39 is 0 Å². The maximum atomic E-state index is 4.37. The number of hydrogen-bond donors (Lipinski definition) is 0. The Morgan fingerprint density at radius 3 is 3.06 bits per heavy atom. The van der Waals surface area contributed by atoms with E-state index in [4.69, 9.17) is 0 Å². The fraction of sp³-hybridized carbons (Fsp3) is 0.429. The second-order valence-corrected chi connectivity index (χ2v) is 5.85. The lowest BCUT2D eigenvalue weighted by molar-refractivity contribution is 0.481. The first-order valence-corrected chi connectivity index (χ1v) is 7.22. The van der Waals surface area contributed by atoms with Crippen molar-refractivity contribution in [2.75, 3.05) is 11.4 Å². The Morgan fingerprint density at radius 2 is 2.22 bits per heavy atom. The lowest BCUT2D eigenvalue weighted by atomic mass is 10.0. The molecule has 0 aliphatic carbocycles. The van der Waals surface area contributed by atoms with E-state index in [1.807, 2.05) is 6.20 Å². The fourth-order valence-corrected chi connectivity index (χ4v) is 3.05. The summed E-state index contributed by atoms with van der Waals surface area (Å²) < 4.78 is 1.08. The summed E-state index contributed by atoms with van der Waals surface area (Å²) in [4.78, 5) is 2.40. The normalized spacial score (nSPS) is 20.3. The molecule has 1 aromatic carbocycles. The number of fused-ring (bicyclic) bond motifs is 1. The number of hydrogen-bond acceptors (Lipinski definition) is 3. The van der Waals surface area contributed by atoms with E-state index >= 15 is 0 Å². The molecule has 1 aromatic heterocycles. The van der Waals surface area contributed by atoms with E-state index in [1.165, 1.54) is 24.6 Å². The van der Waals surface area contributed by atoms with Crippen molar-refractivity contribution in [3.05, 3.63) is 28.9 Å². The Morgan fingerprint density at radius 1 is 1.33 bits per heavy atom. The van der Waals surface area contributed by atoms with Crippen molar-refractivity contribution in [1.82, 2.24) is 10.2 Å². The van der Waals surface area contributed by atoms with Crippen molar-refractivity contribution in [2.45, 2.75) is 32.2 Å². The Bertz CT molecular complexity index is 570. The van der Waals surface area contributed by atoms with Crippen LogP contribution in [0.5, 0.6) is 0 Å². The number of anilines is 1. The van der Waals surface area contributed by atoms with Crippen LogP contribution < -0.4 is 4.90 Å². The summed E-state index contributed by atoms with van der Waals surface area (Å²) in [5.74, 6) is 1.03. The van der Waals surface area contributed by atoms with Gasteiger partial charge >= 0.3 is 0 Å². The lowest BCUT2D eigenvalue weighted by Crippen LogP contribution is -2.38. The Balaban J connectivity index is 2.10. The van der Waals surface area contributed by atoms with Crippen molar-refractivity contribution in [1.29, 1.82) is 0 Å². The SMILES string of the molecule is CC1CCCCN1c1nncc2cc(Br)ccc12. The monoisotopic (exact) mass is 305 g/mol. The molecule has 0 amide bonds. The molecule has 2 heterocycles. The average Bonchev–Trinajstić information content (AvgIpc) is 2.38. The number of aromatic nitrogens is 2. The minimum Gasteiger partial charge on any atom is -0.352 e. The highest BCUT2D eigenvalue weighted by molar-refractivity contribution is 9.10. The first-order valence-electron chi connectivity index (χ1n) is 6.43. The molecule has 0 bridgehead atoms. The van der Waals surface area contributed by atoms with E-state index in [-0.39, 0.29) is 0 Å². The van der Waals surface area contributed by atoms with E-state index in [1.54, 1.807) is 0 Å². The van der Waals surface area contributed by atoms with Gasteiger partial charge in [-0.05, 0) is 44.4 Å². The molecular formula is C14H16BrN3. The van der Waals surface area contributed by atoms with Crippen molar-refractivity contribution < 1.29 is 0 Å². The Hall–Kier alpha value is -1.16. The molecule has 0 saturated carbocycles. The van der Waals surface area contributed by atoms with Gasteiger partial charge in [-0.3, -0.25) is 0 Å². The van der Waals surface area contributed by atoms with Crippen LogP contribution in [0.1, 0.15) is 26.2 Å². The predicted molar refractivity (Wildman–Crippen MR) is 77.9 cm³/mol. The summed E-state index contributed by atoms with van der Waals surface area (Å²) in [6.45, 7) is 3.36. The zero-order chi connectivity index (χ0) is 12.5. The van der Waals surface area contributed by atoms with E-state index in [0.717, 1.165) is 22.2 Å². The molecular weight excluding hydrogens is 290 g/mol. The van der Waals surface area contributed by atoms with Crippen LogP contribution in [0.2, 0.25) is 0 Å². The van der Waals surface area contributed by atoms with Crippen molar-refractivity contribution in [3.8, 4) is 0 Å². The van der Waals surface area contributed by atoms with Crippen molar-refractivity contribution in [3.63, 3.8) is 0 Å². The van der Waals surface area contributed by atoms with Gasteiger partial charge in [0, 0.05) is 27.8 Å². The van der Waals surface area contributed by atoms with Gasteiger partial charge in [-0.2, -0.15) is 5.10 Å². The molecule has 1 saturated heterocycles. The molecule has 2 aromatic rings. The van der Waals surface area contributed by atoms with Crippen LogP contribution in [-0.2, 0) is 0 Å². The third-order valence-electron chi connectivity index (χ3n) is 3.68. The van der Waals surface area contributed by atoms with Gasteiger partial charge < -0.3 is 4.90 Å². The molecule has 1 aliphatic heterocycles. The highest BCUT2D eigenvalue weighted by Gasteiger charge is 2.21. The quantitative estimate of drug-likeness (QED) is 0.803. The van der Waals surface area contributed by atoms with Gasteiger partial charge in [-0.1, -0.05) is 15.9 Å². The summed E-state index contributed by atoms with van der Waals surface area (Å²) in [6.07, 6.45) is 5.65. The van der Waals surface area contributed by atoms with Gasteiger partial charge in [-0.25, -0.2) is 0 Å². The molecule has 1 aliphatic rings. The Kier molecular flexibility index (Phi) is 3.20. The van der Waals surface area contributed by atoms with Gasteiger partial charge in [-0.15, -0.1) is 5.10 Å². The predicted octanol–water partition coefficient (Wildman–Crippen LogP) is 3.77. The molecule has 3 nitrogen and oxygen atoms in total. The average molecular weight is 306 g/mol. The van der Waals surface area contributed by atoms with E-state index in [9.17, 15) is 0 Å². The first kappa shape index (κ1) is 11.9. The number of piperidine rings is 1. The largest absolute Gasteiger partial charge is 0.352 e. The number of rotatable bonds is 1. The maximum Gasteiger partial charge on any atom is 0.159 e. The van der Waals surface area contributed by atoms with Gasteiger partial charge in [0.05, 0.1) is 6.20 Å². The lowest BCUT2D eigenvalue weighted by Gasteiger charge is -2.34. The third kappa shape index (κ3) is 2.09. The maximum absolute atomic E-state index is 4.37. The molecule has 3 rings (SSSR count). The summed E-state index contributed by atoms with van der Waals surface area (Å²) in [5.41, 5.74) is 0. The van der Waals surface area contributed by atoms with Crippen LogP contribution in [0.15, 0.2) is 28.9 Å². The summed E-state index contributed by atoms with van der Waals surface area (Å²) in [6, 6.07) is 6.86. The molecule has 0 spiro atoms. The van der Waals surface area contributed by atoms with Crippen LogP contribution in [0, 0.1) is 0 Å². The molecule has 0 radical (unpaired) electrons. The van der Waals surface area contributed by atoms with E-state index in [2.05, 4.69) is 56.2 Å². The molecule has 4 heteroatoms. The number of halogens is 1. The molecule has 1 fully saturated rings. The fourth-order valence-electron chi connectivity index (χ4n) is 2.67. The first-order chi connectivity index (χ1) is 8.75. The second-order valence-electron chi connectivity index (χ2n) is 4.94. The summed E-state index contributed by atoms with van der Waals surface area (Å²) >= 11 is 3.50. The molecule has 0 N–H and O–H groups in total. The summed E-state index contributed by atoms with van der Waals surface area (Å²) in [5, 5.41) is 10.9. The zero-order valence-corrected chi connectivity index (χ0v) is 12.0. The van der Waals surface area contributed by atoms with E-state index in [0.29, 0.717) is 6.04 Å². The van der Waals surface area contributed by atoms with Crippen LogP contribution in [0.25, 0.3) is 10.8 Å². The van der Waals surface area contributed by atoms with Gasteiger partial charge in [0.15, 0.2) is 5.82 Å². The standard InChI is InChI=1S/C14H16BrN3/c1-10-4-2-3-7-18(10)14-13-6-5-12(15)8-11(13)9-16-17-14/h5-6,8-10H,2-4,7H2,1H3. The highest BCUT2D eigenvalue weighted by atomic mass is 79.9. The zero-order valence-electron chi connectivity index (χ0n) is 10.4. The highest BCUT2D eigenvalue weighted by Crippen LogP contribution is 2.30. The number of benzene rings is 1. The second kappa shape index (κ2) is 4.84. The minimum absolute atomic E-state index is 0.558. The van der Waals surface area contributed by atoms with Crippen LogP contribution in [-0.4, -0.2) is 22.8 Å². The third-order valence-corrected chi connectivity index (χ3v) is 4.17. The molecule has 18 heavy (non-hydrogen) atoms. The topological polar surface area (TPSA) is 29.0 Å². The summed E-state index contributed by atoms with van der Waals surface area (Å²) in [7, 11) is 0. The molecule has 1 atom stereocenters.